The highest BCUT2D eigenvalue weighted by atomic mass is 79.9. The minimum Gasteiger partial charge on any atom is -0.354 e. The Balaban J connectivity index is 2.43. The number of nitrogens with one attached hydrogen (secondary N) is 1. The van der Waals surface area contributed by atoms with Crippen LogP contribution in [-0.2, 0) is 26.2 Å². The third-order valence-corrected chi connectivity index (χ3v) is 7.10. The van der Waals surface area contributed by atoms with Crippen molar-refractivity contribution in [2.45, 2.75) is 46.7 Å². The van der Waals surface area contributed by atoms with Crippen LogP contribution in [0.4, 0.5) is 5.69 Å². The summed E-state index contributed by atoms with van der Waals surface area (Å²) in [6.07, 6.45) is 1.46. The average Bonchev–Trinajstić information content (AvgIpc) is 2.75. The number of halogens is 1. The Bertz CT molecular complexity index is 1100. The number of amides is 2. The van der Waals surface area contributed by atoms with Gasteiger partial charge in [0.25, 0.3) is 0 Å². The lowest BCUT2D eigenvalue weighted by molar-refractivity contribution is -0.140. The van der Waals surface area contributed by atoms with E-state index in [0.717, 1.165) is 21.7 Å². The molecule has 186 valence electrons. The van der Waals surface area contributed by atoms with Crippen LogP contribution >= 0.6 is 15.9 Å². The number of para-hydroxylation sites is 1. The van der Waals surface area contributed by atoms with Crippen LogP contribution in [0.1, 0.15) is 38.3 Å². The zero-order valence-electron chi connectivity index (χ0n) is 20.4. The van der Waals surface area contributed by atoms with Crippen molar-refractivity contribution in [3.8, 4) is 0 Å². The van der Waals surface area contributed by atoms with E-state index in [0.29, 0.717) is 23.1 Å². The smallest absolute Gasteiger partial charge is 0.244 e. The molecular weight excluding hydrogens is 518 g/mol. The van der Waals surface area contributed by atoms with E-state index >= 15 is 0 Å². The SMILES string of the molecule is CCC(C(=O)NCC(C)C)N(Cc1cccc(C)c1)C(=O)CN(c1ccccc1Br)S(C)(=O)=O. The van der Waals surface area contributed by atoms with Gasteiger partial charge in [0.15, 0.2) is 0 Å². The summed E-state index contributed by atoms with van der Waals surface area (Å²) in [4.78, 5) is 28.2. The normalized spacial score (nSPS) is 12.3. The molecule has 0 radical (unpaired) electrons. The maximum atomic E-state index is 13.6. The van der Waals surface area contributed by atoms with Crippen LogP contribution in [0.2, 0.25) is 0 Å². The average molecular weight is 553 g/mol. The molecule has 2 rings (SSSR count). The Hall–Kier alpha value is -2.39. The number of anilines is 1. The molecule has 2 aromatic carbocycles. The van der Waals surface area contributed by atoms with Gasteiger partial charge in [-0.25, -0.2) is 8.42 Å². The fraction of sp³-hybridized carbons (Fsp3) is 0.440. The first-order chi connectivity index (χ1) is 15.9. The van der Waals surface area contributed by atoms with E-state index in [-0.39, 0.29) is 18.4 Å². The van der Waals surface area contributed by atoms with Gasteiger partial charge in [0, 0.05) is 17.6 Å². The lowest BCUT2D eigenvalue weighted by Gasteiger charge is -2.33. The molecular formula is C25H34BrN3O4S. The lowest BCUT2D eigenvalue weighted by Crippen LogP contribution is -2.52. The van der Waals surface area contributed by atoms with Gasteiger partial charge in [-0.15, -0.1) is 0 Å². The van der Waals surface area contributed by atoms with Crippen molar-refractivity contribution in [3.63, 3.8) is 0 Å². The maximum absolute atomic E-state index is 13.6. The number of aryl methyl sites for hydroxylation is 1. The number of carbonyl (C=O) groups is 2. The number of benzene rings is 2. The Labute approximate surface area is 211 Å². The third-order valence-electron chi connectivity index (χ3n) is 5.31. The maximum Gasteiger partial charge on any atom is 0.244 e. The molecule has 2 aromatic rings. The largest absolute Gasteiger partial charge is 0.354 e. The molecule has 1 unspecified atom stereocenters. The number of hydrogen-bond donors (Lipinski definition) is 1. The quantitative estimate of drug-likeness (QED) is 0.455. The number of sulfonamides is 1. The van der Waals surface area contributed by atoms with Crippen molar-refractivity contribution in [1.29, 1.82) is 0 Å². The Morgan fingerprint density at radius 2 is 1.76 bits per heavy atom. The van der Waals surface area contributed by atoms with Gasteiger partial charge in [-0.1, -0.05) is 62.7 Å². The molecule has 0 aliphatic carbocycles. The first-order valence-corrected chi connectivity index (χ1v) is 13.9. The second-order valence-electron chi connectivity index (χ2n) is 8.79. The fourth-order valence-corrected chi connectivity index (χ4v) is 5.08. The Morgan fingerprint density at radius 1 is 1.09 bits per heavy atom. The van der Waals surface area contributed by atoms with Crippen molar-refractivity contribution >= 4 is 43.5 Å². The molecule has 0 saturated carbocycles. The van der Waals surface area contributed by atoms with E-state index in [4.69, 9.17) is 0 Å². The zero-order chi connectivity index (χ0) is 25.5. The van der Waals surface area contributed by atoms with Crippen LogP contribution < -0.4 is 9.62 Å². The highest BCUT2D eigenvalue weighted by Gasteiger charge is 2.32. The topological polar surface area (TPSA) is 86.8 Å². The second kappa shape index (κ2) is 12.4. The first kappa shape index (κ1) is 27.9. The number of carbonyl (C=O) groups excluding carboxylic acids is 2. The predicted octanol–water partition coefficient (Wildman–Crippen LogP) is 4.10. The summed E-state index contributed by atoms with van der Waals surface area (Å²) < 4.78 is 26.9. The second-order valence-corrected chi connectivity index (χ2v) is 11.6. The summed E-state index contributed by atoms with van der Waals surface area (Å²) in [6.45, 7) is 8.08. The van der Waals surface area contributed by atoms with Crippen molar-refractivity contribution < 1.29 is 18.0 Å². The van der Waals surface area contributed by atoms with Gasteiger partial charge in [0.1, 0.15) is 12.6 Å². The standard InChI is InChI=1S/C25H34BrN3O4S/c1-6-22(25(31)27-15-18(2)3)28(16-20-11-9-10-19(4)14-20)24(30)17-29(34(5,32)33)23-13-8-7-12-21(23)26/h7-14,18,22H,6,15-17H2,1-5H3,(H,27,31). The number of rotatable bonds is 11. The van der Waals surface area contributed by atoms with Gasteiger partial charge in [-0.2, -0.15) is 0 Å². The van der Waals surface area contributed by atoms with Crippen LogP contribution in [-0.4, -0.2) is 50.5 Å². The minimum absolute atomic E-state index is 0.196. The lowest BCUT2D eigenvalue weighted by atomic mass is 10.1. The molecule has 1 N–H and O–H groups in total. The molecule has 0 bridgehead atoms. The zero-order valence-corrected chi connectivity index (χ0v) is 22.8. The summed E-state index contributed by atoms with van der Waals surface area (Å²) >= 11 is 3.38. The fourth-order valence-electron chi connectivity index (χ4n) is 3.60. The van der Waals surface area contributed by atoms with Crippen LogP contribution in [0.25, 0.3) is 0 Å². The molecule has 0 fully saturated rings. The van der Waals surface area contributed by atoms with Gasteiger partial charge in [-0.05, 0) is 52.9 Å². The molecule has 34 heavy (non-hydrogen) atoms. The summed E-state index contributed by atoms with van der Waals surface area (Å²) in [7, 11) is -3.77. The molecule has 9 heteroatoms. The van der Waals surface area contributed by atoms with Gasteiger partial charge in [-0.3, -0.25) is 13.9 Å². The molecule has 0 aromatic heterocycles. The first-order valence-electron chi connectivity index (χ1n) is 11.3. The molecule has 2 amide bonds. The molecule has 0 aliphatic rings. The highest BCUT2D eigenvalue weighted by molar-refractivity contribution is 9.10. The van der Waals surface area contributed by atoms with Crippen molar-refractivity contribution in [3.05, 3.63) is 64.1 Å². The molecule has 0 heterocycles. The molecule has 1 atom stereocenters. The Morgan fingerprint density at radius 3 is 2.32 bits per heavy atom. The van der Waals surface area contributed by atoms with Crippen molar-refractivity contribution in [1.82, 2.24) is 10.2 Å². The van der Waals surface area contributed by atoms with Crippen molar-refractivity contribution in [2.24, 2.45) is 5.92 Å². The molecule has 7 nitrogen and oxygen atoms in total. The van der Waals surface area contributed by atoms with Gasteiger partial charge in [0.2, 0.25) is 21.8 Å². The van der Waals surface area contributed by atoms with E-state index in [9.17, 15) is 18.0 Å². The summed E-state index contributed by atoms with van der Waals surface area (Å²) in [6, 6.07) is 13.8. The third kappa shape index (κ3) is 7.84. The molecule has 0 spiro atoms. The molecule has 0 aliphatic heterocycles. The summed E-state index contributed by atoms with van der Waals surface area (Å²) in [5.41, 5.74) is 2.27. The van der Waals surface area contributed by atoms with Crippen LogP contribution in [0.15, 0.2) is 53.0 Å². The van der Waals surface area contributed by atoms with Crippen LogP contribution in [0.3, 0.4) is 0 Å². The number of hydrogen-bond acceptors (Lipinski definition) is 4. The van der Waals surface area contributed by atoms with E-state index < -0.39 is 28.5 Å². The highest BCUT2D eigenvalue weighted by Crippen LogP contribution is 2.28. The summed E-state index contributed by atoms with van der Waals surface area (Å²) in [5.74, 6) is -0.434. The Kier molecular flexibility index (Phi) is 10.1. The van der Waals surface area contributed by atoms with Gasteiger partial charge in [0.05, 0.1) is 11.9 Å². The van der Waals surface area contributed by atoms with Crippen LogP contribution in [0, 0.1) is 12.8 Å². The summed E-state index contributed by atoms with van der Waals surface area (Å²) in [5, 5.41) is 2.92. The van der Waals surface area contributed by atoms with E-state index in [1.54, 1.807) is 24.3 Å². The van der Waals surface area contributed by atoms with E-state index in [1.807, 2.05) is 52.0 Å². The van der Waals surface area contributed by atoms with E-state index in [2.05, 4.69) is 21.2 Å². The predicted molar refractivity (Wildman–Crippen MR) is 140 cm³/mol. The molecule has 0 saturated heterocycles. The van der Waals surface area contributed by atoms with E-state index in [1.165, 1.54) is 4.90 Å². The number of nitrogens with zero attached hydrogens (tertiary/aromatic N) is 2. The minimum atomic E-state index is -3.77. The van der Waals surface area contributed by atoms with Crippen molar-refractivity contribution in [2.75, 3.05) is 23.7 Å². The van der Waals surface area contributed by atoms with Gasteiger partial charge >= 0.3 is 0 Å². The van der Waals surface area contributed by atoms with Gasteiger partial charge < -0.3 is 10.2 Å². The van der Waals surface area contributed by atoms with Crippen LogP contribution in [0.5, 0.6) is 0 Å². The monoisotopic (exact) mass is 551 g/mol.